The van der Waals surface area contributed by atoms with Gasteiger partial charge in [-0.1, -0.05) is 17.7 Å². The lowest BCUT2D eigenvalue weighted by atomic mass is 10.4. The van der Waals surface area contributed by atoms with Crippen molar-refractivity contribution in [2.75, 3.05) is 6.61 Å². The van der Waals surface area contributed by atoms with Gasteiger partial charge in [0.15, 0.2) is 0 Å². The van der Waals surface area contributed by atoms with Crippen LogP contribution in [0.5, 0.6) is 0 Å². The maximum absolute atomic E-state index is 11.7. The average molecular weight is 240 g/mol. The molecule has 1 heterocycles. The molecule has 0 saturated heterocycles. The van der Waals surface area contributed by atoms with Crippen molar-refractivity contribution in [3.63, 3.8) is 0 Å². The van der Waals surface area contributed by atoms with Crippen molar-refractivity contribution in [3.8, 4) is 0 Å². The molecule has 0 N–H and O–H groups in total. The fourth-order valence-electron chi connectivity index (χ4n) is 0.895. The average Bonchev–Trinajstić information content (AvgIpc) is 2.11. The molecule has 1 rings (SSSR count). The van der Waals surface area contributed by atoms with Crippen LogP contribution in [0.3, 0.4) is 0 Å². The van der Waals surface area contributed by atoms with E-state index in [0.29, 0.717) is 10.8 Å². The van der Waals surface area contributed by atoms with Crippen LogP contribution in [0.1, 0.15) is 12.1 Å². The van der Waals surface area contributed by atoms with Crippen LogP contribution < -0.4 is 0 Å². The summed E-state index contributed by atoms with van der Waals surface area (Å²) in [7, 11) is 0. The predicted molar refractivity (Wildman–Crippen MR) is 49.6 cm³/mol. The van der Waals surface area contributed by atoms with Crippen molar-refractivity contribution in [2.24, 2.45) is 0 Å². The second-order valence-corrected chi connectivity index (χ2v) is 3.26. The van der Waals surface area contributed by atoms with Crippen LogP contribution in [0.2, 0.25) is 5.15 Å². The molecule has 0 amide bonds. The van der Waals surface area contributed by atoms with Gasteiger partial charge in [-0.25, -0.2) is 4.98 Å². The SMILES string of the molecule is FC(F)(F)CCOCc1cccc(Cl)n1. The summed E-state index contributed by atoms with van der Waals surface area (Å²) in [5, 5.41) is 0.298. The minimum Gasteiger partial charge on any atom is -0.375 e. The highest BCUT2D eigenvalue weighted by Gasteiger charge is 2.26. The predicted octanol–water partition coefficient (Wildman–Crippen LogP) is 3.20. The van der Waals surface area contributed by atoms with E-state index in [4.69, 9.17) is 16.3 Å². The van der Waals surface area contributed by atoms with E-state index in [-0.39, 0.29) is 13.2 Å². The molecule has 0 unspecified atom stereocenters. The molecule has 0 aliphatic heterocycles. The van der Waals surface area contributed by atoms with Gasteiger partial charge in [0.1, 0.15) is 5.15 Å². The van der Waals surface area contributed by atoms with Gasteiger partial charge in [0.05, 0.1) is 25.3 Å². The second-order valence-electron chi connectivity index (χ2n) is 2.87. The Balaban J connectivity index is 2.26. The highest BCUT2D eigenvalue weighted by molar-refractivity contribution is 6.29. The molecule has 0 bridgehead atoms. The van der Waals surface area contributed by atoms with Crippen molar-refractivity contribution < 1.29 is 17.9 Å². The maximum atomic E-state index is 11.7. The topological polar surface area (TPSA) is 22.1 Å². The van der Waals surface area contributed by atoms with E-state index in [1.54, 1.807) is 18.2 Å². The van der Waals surface area contributed by atoms with Gasteiger partial charge in [-0.3, -0.25) is 0 Å². The number of ether oxygens (including phenoxy) is 1. The normalized spacial score (nSPS) is 11.7. The van der Waals surface area contributed by atoms with E-state index in [0.717, 1.165) is 0 Å². The number of rotatable bonds is 4. The lowest BCUT2D eigenvalue weighted by Crippen LogP contribution is -2.11. The van der Waals surface area contributed by atoms with Crippen LogP contribution >= 0.6 is 11.6 Å². The van der Waals surface area contributed by atoms with E-state index >= 15 is 0 Å². The molecule has 0 fully saturated rings. The summed E-state index contributed by atoms with van der Waals surface area (Å²) in [6.07, 6.45) is -5.13. The molecule has 1 aromatic heterocycles. The van der Waals surface area contributed by atoms with E-state index in [9.17, 15) is 13.2 Å². The van der Waals surface area contributed by atoms with Crippen molar-refractivity contribution in [2.45, 2.75) is 19.2 Å². The number of pyridine rings is 1. The first-order valence-electron chi connectivity index (χ1n) is 4.23. The number of nitrogens with zero attached hydrogens (tertiary/aromatic N) is 1. The molecule has 0 radical (unpaired) electrons. The van der Waals surface area contributed by atoms with Crippen LogP contribution in [0.25, 0.3) is 0 Å². The van der Waals surface area contributed by atoms with Gasteiger partial charge in [-0.2, -0.15) is 13.2 Å². The van der Waals surface area contributed by atoms with Crippen LogP contribution in [0.4, 0.5) is 13.2 Å². The van der Waals surface area contributed by atoms with Crippen molar-refractivity contribution >= 4 is 11.6 Å². The number of hydrogen-bond acceptors (Lipinski definition) is 2. The first kappa shape index (κ1) is 12.3. The lowest BCUT2D eigenvalue weighted by molar-refractivity contribution is -0.146. The first-order chi connectivity index (χ1) is 6.97. The summed E-state index contributed by atoms with van der Waals surface area (Å²) in [5.41, 5.74) is 0.518. The first-order valence-corrected chi connectivity index (χ1v) is 4.61. The third-order valence-electron chi connectivity index (χ3n) is 1.55. The second kappa shape index (κ2) is 5.32. The summed E-state index contributed by atoms with van der Waals surface area (Å²) in [6, 6.07) is 4.89. The highest BCUT2D eigenvalue weighted by Crippen LogP contribution is 2.19. The van der Waals surface area contributed by atoms with Gasteiger partial charge in [0.25, 0.3) is 0 Å². The monoisotopic (exact) mass is 239 g/mol. The summed E-state index contributed by atoms with van der Waals surface area (Å²) < 4.78 is 40.0. The molecule has 0 atom stereocenters. The number of aromatic nitrogens is 1. The molecule has 6 heteroatoms. The van der Waals surface area contributed by atoms with Crippen LogP contribution in [-0.4, -0.2) is 17.8 Å². The Morgan fingerprint density at radius 1 is 1.33 bits per heavy atom. The molecule has 2 nitrogen and oxygen atoms in total. The Kier molecular flexibility index (Phi) is 4.35. The highest BCUT2D eigenvalue weighted by atomic mass is 35.5. The number of hydrogen-bond donors (Lipinski definition) is 0. The molecule has 0 saturated carbocycles. The molecular weight excluding hydrogens is 231 g/mol. The zero-order chi connectivity index (χ0) is 11.3. The number of alkyl halides is 3. The summed E-state index contributed by atoms with van der Waals surface area (Å²) >= 11 is 5.58. The molecule has 0 spiro atoms. The van der Waals surface area contributed by atoms with Gasteiger partial charge in [-0.05, 0) is 12.1 Å². The van der Waals surface area contributed by atoms with Crippen LogP contribution in [-0.2, 0) is 11.3 Å². The fraction of sp³-hybridized carbons (Fsp3) is 0.444. The Hall–Kier alpha value is -0.810. The van der Waals surface area contributed by atoms with Crippen molar-refractivity contribution in [1.29, 1.82) is 0 Å². The lowest BCUT2D eigenvalue weighted by Gasteiger charge is -2.06. The minimum absolute atomic E-state index is 0.0383. The number of halogens is 4. The zero-order valence-corrected chi connectivity index (χ0v) is 8.48. The Bertz CT molecular complexity index is 316. The Labute approximate surface area is 90.0 Å². The van der Waals surface area contributed by atoms with Crippen LogP contribution in [0, 0.1) is 0 Å². The van der Waals surface area contributed by atoms with Crippen molar-refractivity contribution in [3.05, 3.63) is 29.0 Å². The Morgan fingerprint density at radius 3 is 2.67 bits per heavy atom. The summed E-state index contributed by atoms with van der Waals surface area (Å²) in [6.45, 7) is -0.325. The molecule has 84 valence electrons. The molecular formula is C9H9ClF3NO. The minimum atomic E-state index is -4.18. The largest absolute Gasteiger partial charge is 0.391 e. The van der Waals surface area contributed by atoms with E-state index in [1.165, 1.54) is 0 Å². The van der Waals surface area contributed by atoms with E-state index < -0.39 is 12.6 Å². The van der Waals surface area contributed by atoms with Gasteiger partial charge < -0.3 is 4.74 Å². The molecule has 15 heavy (non-hydrogen) atoms. The quantitative estimate of drug-likeness (QED) is 0.595. The smallest absolute Gasteiger partial charge is 0.375 e. The zero-order valence-electron chi connectivity index (χ0n) is 7.72. The molecule has 1 aromatic rings. The molecule has 0 aromatic carbocycles. The summed E-state index contributed by atoms with van der Waals surface area (Å²) in [5.74, 6) is 0. The van der Waals surface area contributed by atoms with Crippen molar-refractivity contribution in [1.82, 2.24) is 4.98 Å². The standard InChI is InChI=1S/C9H9ClF3NO/c10-8-3-1-2-7(14-8)6-15-5-4-9(11,12)13/h1-3H,4-6H2. The third kappa shape index (κ3) is 5.59. The van der Waals surface area contributed by atoms with Gasteiger partial charge >= 0.3 is 6.18 Å². The van der Waals surface area contributed by atoms with E-state index in [1.807, 2.05) is 0 Å². The van der Waals surface area contributed by atoms with Crippen LogP contribution in [0.15, 0.2) is 18.2 Å². The molecule has 0 aliphatic rings. The Morgan fingerprint density at radius 2 is 2.07 bits per heavy atom. The molecule has 0 aliphatic carbocycles. The maximum Gasteiger partial charge on any atom is 0.391 e. The third-order valence-corrected chi connectivity index (χ3v) is 1.76. The van der Waals surface area contributed by atoms with Gasteiger partial charge in [0.2, 0.25) is 0 Å². The van der Waals surface area contributed by atoms with Gasteiger partial charge in [0, 0.05) is 0 Å². The van der Waals surface area contributed by atoms with E-state index in [2.05, 4.69) is 4.98 Å². The fourth-order valence-corrected chi connectivity index (χ4v) is 1.08. The summed E-state index contributed by atoms with van der Waals surface area (Å²) in [4.78, 5) is 3.87. The van der Waals surface area contributed by atoms with Gasteiger partial charge in [-0.15, -0.1) is 0 Å².